The van der Waals surface area contributed by atoms with Gasteiger partial charge in [-0.3, -0.25) is 4.79 Å². The summed E-state index contributed by atoms with van der Waals surface area (Å²) in [5.41, 5.74) is 3.65. The lowest BCUT2D eigenvalue weighted by Crippen LogP contribution is -2.35. The van der Waals surface area contributed by atoms with Gasteiger partial charge in [0.25, 0.3) is 0 Å². The number of nitrogens with zero attached hydrogens (tertiary/aromatic N) is 1. The number of aryl methyl sites for hydroxylation is 1. The smallest absolute Gasteiger partial charge is 0.306 e. The van der Waals surface area contributed by atoms with E-state index in [1.54, 1.807) is 38.3 Å². The molecule has 8 heteroatoms. The molecule has 4 rings (SSSR count). The molecule has 196 valence electrons. The number of hydrogen-bond acceptors (Lipinski definition) is 6. The van der Waals surface area contributed by atoms with Gasteiger partial charge in [0.2, 0.25) is 10.0 Å². The Morgan fingerprint density at radius 3 is 2.59 bits per heavy atom. The summed E-state index contributed by atoms with van der Waals surface area (Å²) in [6.45, 7) is 6.33. The van der Waals surface area contributed by atoms with Crippen LogP contribution in [0.5, 0.6) is 11.5 Å². The quantitative estimate of drug-likeness (QED) is 0.384. The summed E-state index contributed by atoms with van der Waals surface area (Å²) in [6, 6.07) is 20.3. The predicted molar refractivity (Wildman–Crippen MR) is 141 cm³/mol. The van der Waals surface area contributed by atoms with Gasteiger partial charge in [-0.25, -0.2) is 8.42 Å². The molecule has 37 heavy (non-hydrogen) atoms. The van der Waals surface area contributed by atoms with Gasteiger partial charge in [0.1, 0.15) is 22.5 Å². The van der Waals surface area contributed by atoms with E-state index in [0.717, 1.165) is 22.3 Å². The molecule has 0 radical (unpaired) electrons. The number of benzene rings is 3. The van der Waals surface area contributed by atoms with Crippen LogP contribution in [-0.2, 0) is 26.1 Å². The number of carbonyl (C=O) groups excluding carboxylic acids is 1. The van der Waals surface area contributed by atoms with Gasteiger partial charge in [0.15, 0.2) is 0 Å². The minimum Gasteiger partial charge on any atom is -0.497 e. The van der Waals surface area contributed by atoms with Crippen LogP contribution in [0.25, 0.3) is 0 Å². The third-order valence-corrected chi connectivity index (χ3v) is 8.40. The second kappa shape index (κ2) is 11.4. The summed E-state index contributed by atoms with van der Waals surface area (Å²) in [7, 11) is -2.17. The number of sulfonamides is 1. The third-order valence-electron chi connectivity index (χ3n) is 6.55. The minimum absolute atomic E-state index is 0.157. The lowest BCUT2D eigenvalue weighted by molar-refractivity contribution is -0.143. The fourth-order valence-corrected chi connectivity index (χ4v) is 6.24. The fourth-order valence-electron chi connectivity index (χ4n) is 4.63. The van der Waals surface area contributed by atoms with E-state index in [4.69, 9.17) is 14.2 Å². The van der Waals surface area contributed by atoms with Crippen molar-refractivity contribution in [2.75, 3.05) is 20.3 Å². The molecule has 1 unspecified atom stereocenters. The highest BCUT2D eigenvalue weighted by atomic mass is 32.2. The molecule has 2 atom stereocenters. The van der Waals surface area contributed by atoms with Crippen molar-refractivity contribution in [2.24, 2.45) is 0 Å². The standard InChI is InChI=1S/C29H33NO6S/c1-5-35-29(31)17-26(22-9-8-10-25(16-22)34-4)23-14-13-20(2)24(15-23)19-30-18-21(3)36-27-11-6-7-12-28(27)37(30,32)33/h6-16,21,26H,5,17-19H2,1-4H3/t21-,26?/m1/s1. The van der Waals surface area contributed by atoms with Crippen LogP contribution in [0, 0.1) is 6.92 Å². The van der Waals surface area contributed by atoms with Gasteiger partial charge < -0.3 is 14.2 Å². The maximum atomic E-state index is 13.6. The van der Waals surface area contributed by atoms with Crippen LogP contribution >= 0.6 is 0 Å². The van der Waals surface area contributed by atoms with Crippen LogP contribution in [0.3, 0.4) is 0 Å². The molecule has 3 aromatic rings. The van der Waals surface area contributed by atoms with E-state index in [1.807, 2.05) is 56.3 Å². The van der Waals surface area contributed by atoms with Gasteiger partial charge in [-0.1, -0.05) is 42.5 Å². The Bertz CT molecular complexity index is 1370. The normalized spacial score (nSPS) is 17.7. The number of ether oxygens (including phenoxy) is 3. The zero-order valence-electron chi connectivity index (χ0n) is 21.6. The number of methoxy groups -OCH3 is 1. The lowest BCUT2D eigenvalue weighted by atomic mass is 9.86. The number of esters is 1. The summed E-state index contributed by atoms with van der Waals surface area (Å²) < 4.78 is 45.2. The van der Waals surface area contributed by atoms with Crippen LogP contribution in [0.15, 0.2) is 71.6 Å². The zero-order valence-corrected chi connectivity index (χ0v) is 22.5. The van der Waals surface area contributed by atoms with E-state index in [-0.39, 0.29) is 42.4 Å². The molecule has 0 aliphatic carbocycles. The topological polar surface area (TPSA) is 82.1 Å². The Balaban J connectivity index is 1.72. The number of rotatable bonds is 8. The van der Waals surface area contributed by atoms with Gasteiger partial charge in [0.05, 0.1) is 26.7 Å². The minimum atomic E-state index is -3.77. The van der Waals surface area contributed by atoms with Crippen molar-refractivity contribution in [3.05, 3.63) is 89.0 Å². The van der Waals surface area contributed by atoms with Crippen molar-refractivity contribution in [1.29, 1.82) is 0 Å². The van der Waals surface area contributed by atoms with Gasteiger partial charge in [-0.05, 0) is 67.3 Å². The number of para-hydroxylation sites is 1. The third kappa shape index (κ3) is 5.97. The second-order valence-corrected chi connectivity index (χ2v) is 11.1. The molecule has 1 aliphatic rings. The first-order valence-corrected chi connectivity index (χ1v) is 13.8. The first-order valence-electron chi connectivity index (χ1n) is 12.4. The zero-order chi connectivity index (χ0) is 26.6. The molecule has 3 aromatic carbocycles. The van der Waals surface area contributed by atoms with Crippen molar-refractivity contribution in [3.63, 3.8) is 0 Å². The molecule has 0 saturated carbocycles. The Kier molecular flexibility index (Phi) is 8.19. The Hall–Kier alpha value is -3.36. The van der Waals surface area contributed by atoms with E-state index >= 15 is 0 Å². The van der Waals surface area contributed by atoms with E-state index in [2.05, 4.69) is 0 Å². The molecule has 0 fully saturated rings. The molecule has 0 N–H and O–H groups in total. The predicted octanol–water partition coefficient (Wildman–Crippen LogP) is 5.06. The Labute approximate surface area is 219 Å². The second-order valence-electron chi connectivity index (χ2n) is 9.20. The molecule has 0 bridgehead atoms. The van der Waals surface area contributed by atoms with Crippen LogP contribution in [0.2, 0.25) is 0 Å². The molecule has 1 heterocycles. The SMILES string of the molecule is CCOC(=O)CC(c1cccc(OC)c1)c1ccc(C)c(CN2C[C@@H](C)Oc3ccccc3S2(=O)=O)c1. The molecular weight excluding hydrogens is 490 g/mol. The van der Waals surface area contributed by atoms with E-state index < -0.39 is 10.0 Å². The summed E-state index contributed by atoms with van der Waals surface area (Å²) >= 11 is 0. The first kappa shape index (κ1) is 26.7. The molecule has 0 saturated heterocycles. The largest absolute Gasteiger partial charge is 0.497 e. The van der Waals surface area contributed by atoms with Crippen LogP contribution in [-0.4, -0.2) is 45.1 Å². The summed E-state index contributed by atoms with van der Waals surface area (Å²) in [4.78, 5) is 12.7. The van der Waals surface area contributed by atoms with Gasteiger partial charge in [-0.15, -0.1) is 0 Å². The molecular formula is C29H33NO6S. The van der Waals surface area contributed by atoms with Crippen LogP contribution in [0.1, 0.15) is 48.4 Å². The maximum Gasteiger partial charge on any atom is 0.306 e. The average Bonchev–Trinajstić information content (AvgIpc) is 2.97. The number of carbonyl (C=O) groups is 1. The Morgan fingerprint density at radius 1 is 1.08 bits per heavy atom. The highest BCUT2D eigenvalue weighted by Gasteiger charge is 2.33. The highest BCUT2D eigenvalue weighted by Crippen LogP contribution is 2.34. The van der Waals surface area contributed by atoms with E-state index in [1.165, 1.54) is 4.31 Å². The highest BCUT2D eigenvalue weighted by molar-refractivity contribution is 7.89. The first-order chi connectivity index (χ1) is 17.7. The van der Waals surface area contributed by atoms with Crippen molar-refractivity contribution in [3.8, 4) is 11.5 Å². The molecule has 0 aromatic heterocycles. The molecule has 0 spiro atoms. The van der Waals surface area contributed by atoms with E-state index in [9.17, 15) is 13.2 Å². The van der Waals surface area contributed by atoms with Crippen LogP contribution < -0.4 is 9.47 Å². The fraction of sp³-hybridized carbons (Fsp3) is 0.345. The van der Waals surface area contributed by atoms with Crippen molar-refractivity contribution < 1.29 is 27.4 Å². The summed E-state index contributed by atoms with van der Waals surface area (Å²) in [5, 5.41) is 0. The maximum absolute atomic E-state index is 13.6. The van der Waals surface area contributed by atoms with Gasteiger partial charge >= 0.3 is 5.97 Å². The average molecular weight is 524 g/mol. The molecule has 0 amide bonds. The van der Waals surface area contributed by atoms with Crippen molar-refractivity contribution in [2.45, 2.75) is 50.7 Å². The monoisotopic (exact) mass is 523 g/mol. The molecule has 7 nitrogen and oxygen atoms in total. The van der Waals surface area contributed by atoms with Crippen molar-refractivity contribution in [1.82, 2.24) is 4.31 Å². The number of hydrogen-bond donors (Lipinski definition) is 0. The van der Waals surface area contributed by atoms with Crippen molar-refractivity contribution >= 4 is 16.0 Å². The Morgan fingerprint density at radius 2 is 1.84 bits per heavy atom. The van der Waals surface area contributed by atoms with Gasteiger partial charge in [-0.2, -0.15) is 4.31 Å². The molecule has 1 aliphatic heterocycles. The van der Waals surface area contributed by atoms with E-state index in [0.29, 0.717) is 18.1 Å². The lowest BCUT2D eigenvalue weighted by Gasteiger charge is -2.24. The summed E-state index contributed by atoms with van der Waals surface area (Å²) in [6.07, 6.45) is -0.153. The van der Waals surface area contributed by atoms with Gasteiger partial charge in [0, 0.05) is 12.5 Å². The van der Waals surface area contributed by atoms with Crippen LogP contribution in [0.4, 0.5) is 0 Å². The summed E-state index contributed by atoms with van der Waals surface area (Å²) in [5.74, 6) is 0.491. The number of fused-ring (bicyclic) bond motifs is 1.